The highest BCUT2D eigenvalue weighted by atomic mass is 35.5. The molecule has 1 heterocycles. The minimum Gasteiger partial charge on any atom is -0.337 e. The molecule has 0 fully saturated rings. The Labute approximate surface area is 192 Å². The van der Waals surface area contributed by atoms with Gasteiger partial charge in [-0.05, 0) is 43.2 Å². The molecule has 0 unspecified atom stereocenters. The van der Waals surface area contributed by atoms with E-state index in [0.29, 0.717) is 21.6 Å². The summed E-state index contributed by atoms with van der Waals surface area (Å²) in [4.78, 5) is 12.9. The lowest BCUT2D eigenvalue weighted by molar-refractivity contribution is -0.116. The number of nitrogens with zero attached hydrogens (tertiary/aromatic N) is 1. The molecule has 0 radical (unpaired) electrons. The highest BCUT2D eigenvalue weighted by Crippen LogP contribution is 2.28. The van der Waals surface area contributed by atoms with Crippen LogP contribution < -0.4 is 5.32 Å². The quantitative estimate of drug-likeness (QED) is 0.406. The van der Waals surface area contributed by atoms with Gasteiger partial charge in [0.25, 0.3) is 0 Å². The first-order valence-electron chi connectivity index (χ1n) is 10.1. The molecular formula is C25H23ClN2O3S. The molecule has 1 aromatic heterocycles. The molecule has 0 aliphatic carbocycles. The molecule has 0 aliphatic heterocycles. The summed E-state index contributed by atoms with van der Waals surface area (Å²) in [6, 6.07) is 20.0. The zero-order chi connectivity index (χ0) is 22.9. The van der Waals surface area contributed by atoms with Gasteiger partial charge in [0.2, 0.25) is 5.91 Å². The molecule has 3 aromatic carbocycles. The van der Waals surface area contributed by atoms with E-state index in [4.69, 9.17) is 11.6 Å². The van der Waals surface area contributed by atoms with Gasteiger partial charge in [0.15, 0.2) is 9.84 Å². The van der Waals surface area contributed by atoms with Gasteiger partial charge in [0, 0.05) is 27.8 Å². The Hall–Kier alpha value is -3.09. The Morgan fingerprint density at radius 3 is 2.44 bits per heavy atom. The standard InChI is InChI=1S/C25H23ClN2O3S/c1-17-7-10-19(11-8-17)16-32(30,31)24-14-28(23-6-4-3-5-21(23)24)15-25(29)27-20-12-9-18(2)22(26)13-20/h3-14H,15-16H2,1-2H3,(H,27,29). The molecular weight excluding hydrogens is 444 g/mol. The van der Waals surface area contributed by atoms with E-state index in [1.165, 1.54) is 0 Å². The molecule has 7 heteroatoms. The summed E-state index contributed by atoms with van der Waals surface area (Å²) in [6.45, 7) is 3.83. The molecule has 1 N–H and O–H groups in total. The van der Waals surface area contributed by atoms with Crippen molar-refractivity contribution >= 4 is 43.9 Å². The molecule has 0 saturated carbocycles. The maximum Gasteiger partial charge on any atom is 0.244 e. The van der Waals surface area contributed by atoms with Crippen LogP contribution >= 0.6 is 11.6 Å². The maximum atomic E-state index is 13.2. The van der Waals surface area contributed by atoms with Crippen LogP contribution in [0.15, 0.2) is 77.8 Å². The van der Waals surface area contributed by atoms with Crippen molar-refractivity contribution in [3.05, 3.63) is 94.6 Å². The Bertz CT molecular complexity index is 1410. The average molecular weight is 467 g/mol. The number of benzene rings is 3. The van der Waals surface area contributed by atoms with Crippen LogP contribution in [0, 0.1) is 13.8 Å². The van der Waals surface area contributed by atoms with Crippen LogP contribution in [0.1, 0.15) is 16.7 Å². The predicted molar refractivity (Wildman–Crippen MR) is 129 cm³/mol. The zero-order valence-corrected chi connectivity index (χ0v) is 19.4. The highest BCUT2D eigenvalue weighted by Gasteiger charge is 2.22. The van der Waals surface area contributed by atoms with E-state index >= 15 is 0 Å². The molecule has 32 heavy (non-hydrogen) atoms. The number of rotatable bonds is 6. The Morgan fingerprint density at radius 1 is 1.00 bits per heavy atom. The lowest BCUT2D eigenvalue weighted by atomic mass is 10.2. The number of sulfone groups is 1. The first kappa shape index (κ1) is 22.1. The number of anilines is 1. The van der Waals surface area contributed by atoms with Gasteiger partial charge in [0.05, 0.1) is 10.6 Å². The van der Waals surface area contributed by atoms with Gasteiger partial charge in [-0.2, -0.15) is 0 Å². The number of aromatic nitrogens is 1. The SMILES string of the molecule is Cc1ccc(CS(=O)(=O)c2cn(CC(=O)Nc3ccc(C)c(Cl)c3)c3ccccc23)cc1. The van der Waals surface area contributed by atoms with Gasteiger partial charge < -0.3 is 9.88 Å². The van der Waals surface area contributed by atoms with Gasteiger partial charge >= 0.3 is 0 Å². The molecule has 164 valence electrons. The smallest absolute Gasteiger partial charge is 0.244 e. The number of amides is 1. The van der Waals surface area contributed by atoms with Crippen molar-refractivity contribution in [2.24, 2.45) is 0 Å². The Kier molecular flexibility index (Phi) is 6.09. The van der Waals surface area contributed by atoms with Crippen LogP contribution in [0.25, 0.3) is 10.9 Å². The average Bonchev–Trinajstić information content (AvgIpc) is 3.12. The summed E-state index contributed by atoms with van der Waals surface area (Å²) >= 11 is 6.14. The third-order valence-electron chi connectivity index (χ3n) is 5.33. The van der Waals surface area contributed by atoms with Crippen LogP contribution in [-0.4, -0.2) is 18.9 Å². The van der Waals surface area contributed by atoms with Gasteiger partial charge in [-0.3, -0.25) is 4.79 Å². The minimum absolute atomic E-state index is 0.0218. The largest absolute Gasteiger partial charge is 0.337 e. The second-order valence-electron chi connectivity index (χ2n) is 7.90. The number of hydrogen-bond donors (Lipinski definition) is 1. The molecule has 0 aliphatic rings. The number of para-hydroxylation sites is 1. The third kappa shape index (κ3) is 4.71. The monoisotopic (exact) mass is 466 g/mol. The number of carbonyl (C=O) groups is 1. The predicted octanol–water partition coefficient (Wildman–Crippen LogP) is 5.52. The zero-order valence-electron chi connectivity index (χ0n) is 17.8. The number of hydrogen-bond acceptors (Lipinski definition) is 3. The summed E-state index contributed by atoms with van der Waals surface area (Å²) < 4.78 is 28.1. The lowest BCUT2D eigenvalue weighted by Crippen LogP contribution is -2.18. The van der Waals surface area contributed by atoms with Crippen molar-refractivity contribution < 1.29 is 13.2 Å². The maximum absolute atomic E-state index is 13.2. The summed E-state index contributed by atoms with van der Waals surface area (Å²) in [5.41, 5.74) is 4.00. The summed E-state index contributed by atoms with van der Waals surface area (Å²) in [5, 5.41) is 3.99. The Balaban J connectivity index is 1.62. The second-order valence-corrected chi connectivity index (χ2v) is 10.3. The van der Waals surface area contributed by atoms with Gasteiger partial charge in [-0.15, -0.1) is 0 Å². The van der Waals surface area contributed by atoms with E-state index in [2.05, 4.69) is 5.32 Å². The van der Waals surface area contributed by atoms with E-state index in [9.17, 15) is 13.2 Å². The normalized spacial score (nSPS) is 11.6. The third-order valence-corrected chi connectivity index (χ3v) is 7.45. The van der Waals surface area contributed by atoms with Crippen molar-refractivity contribution in [2.75, 3.05) is 5.32 Å². The van der Waals surface area contributed by atoms with Gasteiger partial charge in [-0.1, -0.05) is 65.7 Å². The molecule has 4 aromatic rings. The molecule has 1 amide bonds. The molecule has 4 rings (SSSR count). The van der Waals surface area contributed by atoms with Crippen molar-refractivity contribution in [2.45, 2.75) is 31.0 Å². The van der Waals surface area contributed by atoms with E-state index < -0.39 is 9.84 Å². The van der Waals surface area contributed by atoms with Crippen molar-refractivity contribution in [3.63, 3.8) is 0 Å². The number of nitrogens with one attached hydrogen (secondary N) is 1. The van der Waals surface area contributed by atoms with Crippen LogP contribution in [0.2, 0.25) is 5.02 Å². The number of aryl methyl sites for hydroxylation is 2. The fourth-order valence-corrected chi connectivity index (χ4v) is 5.36. The fourth-order valence-electron chi connectivity index (χ4n) is 3.60. The minimum atomic E-state index is -3.61. The van der Waals surface area contributed by atoms with Crippen molar-refractivity contribution in [1.82, 2.24) is 4.57 Å². The first-order valence-corrected chi connectivity index (χ1v) is 12.2. The highest BCUT2D eigenvalue weighted by molar-refractivity contribution is 7.90. The van der Waals surface area contributed by atoms with Crippen LogP contribution in [-0.2, 0) is 26.9 Å². The lowest BCUT2D eigenvalue weighted by Gasteiger charge is -2.08. The molecule has 0 spiro atoms. The van der Waals surface area contributed by atoms with Crippen LogP contribution in [0.3, 0.4) is 0 Å². The van der Waals surface area contributed by atoms with Gasteiger partial charge in [0.1, 0.15) is 6.54 Å². The van der Waals surface area contributed by atoms with Crippen LogP contribution in [0.4, 0.5) is 5.69 Å². The summed E-state index contributed by atoms with van der Waals surface area (Å²) in [5.74, 6) is -0.372. The van der Waals surface area contributed by atoms with E-state index in [1.807, 2.05) is 56.3 Å². The van der Waals surface area contributed by atoms with E-state index in [1.54, 1.807) is 35.0 Å². The van der Waals surface area contributed by atoms with Gasteiger partial charge in [-0.25, -0.2) is 8.42 Å². The fraction of sp³-hybridized carbons (Fsp3) is 0.160. The number of carbonyl (C=O) groups excluding carboxylic acids is 1. The Morgan fingerprint density at radius 2 is 1.72 bits per heavy atom. The summed E-state index contributed by atoms with van der Waals surface area (Å²) in [6.07, 6.45) is 1.55. The number of fused-ring (bicyclic) bond motifs is 1. The molecule has 0 bridgehead atoms. The molecule has 5 nitrogen and oxygen atoms in total. The van der Waals surface area contributed by atoms with Crippen LogP contribution in [0.5, 0.6) is 0 Å². The van der Waals surface area contributed by atoms with Crippen molar-refractivity contribution in [3.8, 4) is 0 Å². The molecule has 0 saturated heterocycles. The van der Waals surface area contributed by atoms with E-state index in [0.717, 1.165) is 16.7 Å². The number of halogens is 1. The topological polar surface area (TPSA) is 68.2 Å². The first-order chi connectivity index (χ1) is 15.2. The van der Waals surface area contributed by atoms with E-state index in [-0.39, 0.29) is 23.1 Å². The summed E-state index contributed by atoms with van der Waals surface area (Å²) in [7, 11) is -3.61. The molecule has 0 atom stereocenters. The van der Waals surface area contributed by atoms with Crippen molar-refractivity contribution in [1.29, 1.82) is 0 Å². The second kappa shape index (κ2) is 8.81.